The lowest BCUT2D eigenvalue weighted by molar-refractivity contribution is -0.00522. The summed E-state index contributed by atoms with van der Waals surface area (Å²) in [4.78, 5) is 13.8. The molecule has 2 bridgehead atoms. The van der Waals surface area contributed by atoms with Crippen molar-refractivity contribution in [3.05, 3.63) is 0 Å². The number of rotatable bonds is 1. The maximum atomic E-state index is 12.0. The zero-order chi connectivity index (χ0) is 12.7. The van der Waals surface area contributed by atoms with Gasteiger partial charge in [0.2, 0.25) is 0 Å². The van der Waals surface area contributed by atoms with Crippen LogP contribution in [0.1, 0.15) is 40.0 Å². The standard InChI is InChI=1S/C13H23NO3/c1-12(2,3)17-11(16)14-7-10-4-5-13(6-10,8-14)9-15/h10,15H,4-9H2,1-3H3. The van der Waals surface area contributed by atoms with Crippen LogP contribution in [0.25, 0.3) is 0 Å². The number of carbonyl (C=O) groups excluding carboxylic acids is 1. The van der Waals surface area contributed by atoms with Crippen molar-refractivity contribution in [3.63, 3.8) is 0 Å². The molecule has 2 aliphatic rings. The molecule has 1 heterocycles. The smallest absolute Gasteiger partial charge is 0.410 e. The zero-order valence-electron chi connectivity index (χ0n) is 11.0. The van der Waals surface area contributed by atoms with E-state index in [-0.39, 0.29) is 18.1 Å². The number of carbonyl (C=O) groups is 1. The van der Waals surface area contributed by atoms with E-state index in [2.05, 4.69) is 0 Å². The van der Waals surface area contributed by atoms with Gasteiger partial charge in [-0.1, -0.05) is 0 Å². The minimum absolute atomic E-state index is 0.0557. The normalized spacial score (nSPS) is 32.7. The number of fused-ring (bicyclic) bond motifs is 2. The van der Waals surface area contributed by atoms with E-state index in [0.717, 1.165) is 25.8 Å². The SMILES string of the molecule is CC(C)(C)OC(=O)N1CC2CCC(CO)(C2)C1. The van der Waals surface area contributed by atoms with Gasteiger partial charge in [-0.05, 0) is 46.0 Å². The van der Waals surface area contributed by atoms with Crippen molar-refractivity contribution >= 4 is 6.09 Å². The van der Waals surface area contributed by atoms with E-state index < -0.39 is 5.60 Å². The highest BCUT2D eigenvalue weighted by atomic mass is 16.6. The van der Waals surface area contributed by atoms with E-state index in [1.54, 1.807) is 4.90 Å². The maximum Gasteiger partial charge on any atom is 0.410 e. The molecule has 0 radical (unpaired) electrons. The molecule has 1 aliphatic heterocycles. The largest absolute Gasteiger partial charge is 0.444 e. The Morgan fingerprint density at radius 2 is 2.24 bits per heavy atom. The van der Waals surface area contributed by atoms with Gasteiger partial charge in [0.25, 0.3) is 0 Å². The quantitative estimate of drug-likeness (QED) is 0.764. The molecular formula is C13H23NO3. The lowest BCUT2D eigenvalue weighted by Crippen LogP contribution is -2.48. The van der Waals surface area contributed by atoms with E-state index in [9.17, 15) is 9.90 Å². The summed E-state index contributed by atoms with van der Waals surface area (Å²) in [6.07, 6.45) is 2.98. The molecule has 1 saturated carbocycles. The summed E-state index contributed by atoms with van der Waals surface area (Å²) in [6, 6.07) is 0. The number of likely N-dealkylation sites (tertiary alicyclic amines) is 1. The second kappa shape index (κ2) is 4.16. The third-order valence-corrected chi connectivity index (χ3v) is 3.80. The van der Waals surface area contributed by atoms with Crippen molar-refractivity contribution in [2.75, 3.05) is 19.7 Å². The minimum atomic E-state index is -0.444. The molecule has 0 aromatic heterocycles. The van der Waals surface area contributed by atoms with Crippen molar-refractivity contribution in [2.45, 2.75) is 45.6 Å². The number of aliphatic hydroxyl groups is 1. The Morgan fingerprint density at radius 1 is 1.53 bits per heavy atom. The number of hydrogen-bond donors (Lipinski definition) is 1. The van der Waals surface area contributed by atoms with E-state index in [0.29, 0.717) is 12.5 Å². The molecule has 2 atom stereocenters. The maximum absolute atomic E-state index is 12.0. The molecule has 17 heavy (non-hydrogen) atoms. The topological polar surface area (TPSA) is 49.8 Å². The molecule has 1 aliphatic carbocycles. The average molecular weight is 241 g/mol. The molecule has 98 valence electrons. The molecule has 0 aromatic rings. The highest BCUT2D eigenvalue weighted by Gasteiger charge is 2.46. The summed E-state index contributed by atoms with van der Waals surface area (Å²) in [5, 5.41) is 9.52. The number of aliphatic hydroxyl groups excluding tert-OH is 1. The average Bonchev–Trinajstić information content (AvgIpc) is 2.52. The number of piperidine rings is 1. The third-order valence-electron chi connectivity index (χ3n) is 3.80. The summed E-state index contributed by atoms with van der Waals surface area (Å²) < 4.78 is 5.40. The fraction of sp³-hybridized carbons (Fsp3) is 0.923. The van der Waals surface area contributed by atoms with Crippen LogP contribution in [-0.2, 0) is 4.74 Å². The van der Waals surface area contributed by atoms with E-state index in [4.69, 9.17) is 4.74 Å². The van der Waals surface area contributed by atoms with Gasteiger partial charge in [0.15, 0.2) is 0 Å². The summed E-state index contributed by atoms with van der Waals surface area (Å²) in [5.41, 5.74) is -0.500. The van der Waals surface area contributed by atoms with E-state index in [1.807, 2.05) is 20.8 Å². The summed E-state index contributed by atoms with van der Waals surface area (Å²) >= 11 is 0. The Bertz CT molecular complexity index is 310. The first-order valence-corrected chi connectivity index (χ1v) is 6.42. The van der Waals surface area contributed by atoms with Crippen LogP contribution in [0.15, 0.2) is 0 Å². The first kappa shape index (κ1) is 12.7. The molecule has 0 aromatic carbocycles. The van der Waals surface area contributed by atoms with Gasteiger partial charge in [0.1, 0.15) is 5.60 Å². The number of amides is 1. The summed E-state index contributed by atoms with van der Waals surface area (Å²) in [6.45, 7) is 7.26. The molecular weight excluding hydrogens is 218 g/mol. The monoisotopic (exact) mass is 241 g/mol. The molecule has 4 nitrogen and oxygen atoms in total. The fourth-order valence-electron chi connectivity index (χ4n) is 3.07. The van der Waals surface area contributed by atoms with Crippen molar-refractivity contribution < 1.29 is 14.6 Å². The van der Waals surface area contributed by atoms with Crippen molar-refractivity contribution in [3.8, 4) is 0 Å². The van der Waals surface area contributed by atoms with Crippen LogP contribution >= 0.6 is 0 Å². The molecule has 1 amide bonds. The van der Waals surface area contributed by atoms with Gasteiger partial charge >= 0.3 is 6.09 Å². The van der Waals surface area contributed by atoms with E-state index >= 15 is 0 Å². The zero-order valence-corrected chi connectivity index (χ0v) is 11.0. The highest BCUT2D eigenvalue weighted by Crippen LogP contribution is 2.46. The molecule has 2 rings (SSSR count). The predicted octanol–water partition coefficient (Wildman–Crippen LogP) is 2.02. The van der Waals surface area contributed by atoms with Gasteiger partial charge in [-0.15, -0.1) is 0 Å². The Kier molecular flexibility index (Phi) is 3.10. The predicted molar refractivity (Wildman–Crippen MR) is 64.7 cm³/mol. The number of nitrogens with zero attached hydrogens (tertiary/aromatic N) is 1. The van der Waals surface area contributed by atoms with Crippen LogP contribution in [0, 0.1) is 11.3 Å². The van der Waals surface area contributed by atoms with Gasteiger partial charge < -0.3 is 14.7 Å². The highest BCUT2D eigenvalue weighted by molar-refractivity contribution is 5.68. The number of hydrogen-bond acceptors (Lipinski definition) is 3. The van der Waals surface area contributed by atoms with Crippen LogP contribution in [0.3, 0.4) is 0 Å². The molecule has 1 N–H and O–H groups in total. The Labute approximate surface area is 103 Å². The first-order valence-electron chi connectivity index (χ1n) is 6.42. The van der Waals surface area contributed by atoms with Gasteiger partial charge in [-0.2, -0.15) is 0 Å². The lowest BCUT2D eigenvalue weighted by Gasteiger charge is -2.39. The summed E-state index contributed by atoms with van der Waals surface area (Å²) in [5.74, 6) is 0.545. The molecule has 4 heteroatoms. The van der Waals surface area contributed by atoms with Crippen LogP contribution in [0.5, 0.6) is 0 Å². The first-order chi connectivity index (χ1) is 7.84. The Morgan fingerprint density at radius 3 is 2.82 bits per heavy atom. The minimum Gasteiger partial charge on any atom is -0.444 e. The fourth-order valence-corrected chi connectivity index (χ4v) is 3.07. The number of ether oxygens (including phenoxy) is 1. The van der Waals surface area contributed by atoms with Crippen molar-refractivity contribution in [1.82, 2.24) is 4.90 Å². The Balaban J connectivity index is 2.01. The van der Waals surface area contributed by atoms with E-state index in [1.165, 1.54) is 0 Å². The Hall–Kier alpha value is -0.770. The van der Waals surface area contributed by atoms with Crippen LogP contribution in [0.2, 0.25) is 0 Å². The van der Waals surface area contributed by atoms with Crippen molar-refractivity contribution in [2.24, 2.45) is 11.3 Å². The van der Waals surface area contributed by atoms with Crippen LogP contribution < -0.4 is 0 Å². The van der Waals surface area contributed by atoms with Gasteiger partial charge in [-0.25, -0.2) is 4.79 Å². The second-order valence-electron chi connectivity index (χ2n) is 6.63. The van der Waals surface area contributed by atoms with Crippen LogP contribution in [-0.4, -0.2) is 41.4 Å². The molecule has 2 fully saturated rings. The lowest BCUT2D eigenvalue weighted by atomic mass is 9.83. The second-order valence-corrected chi connectivity index (χ2v) is 6.63. The summed E-state index contributed by atoms with van der Waals surface area (Å²) in [7, 11) is 0. The molecule has 2 unspecified atom stereocenters. The molecule has 0 spiro atoms. The molecule has 1 saturated heterocycles. The van der Waals surface area contributed by atoms with Gasteiger partial charge in [-0.3, -0.25) is 0 Å². The third kappa shape index (κ3) is 2.73. The van der Waals surface area contributed by atoms with Crippen LogP contribution in [0.4, 0.5) is 4.79 Å². The van der Waals surface area contributed by atoms with Crippen molar-refractivity contribution in [1.29, 1.82) is 0 Å². The van der Waals surface area contributed by atoms with Gasteiger partial charge in [0.05, 0.1) is 6.61 Å². The van der Waals surface area contributed by atoms with Gasteiger partial charge in [0, 0.05) is 18.5 Å².